The molecule has 2 heterocycles. The number of aromatic nitrogens is 1. The van der Waals surface area contributed by atoms with Gasteiger partial charge in [-0.1, -0.05) is 12.1 Å². The highest BCUT2D eigenvalue weighted by Gasteiger charge is 2.31. The van der Waals surface area contributed by atoms with Gasteiger partial charge in [-0.3, -0.25) is 0 Å². The third-order valence-electron chi connectivity index (χ3n) is 4.12. The molecule has 0 bridgehead atoms. The molecule has 2 aromatic rings. The van der Waals surface area contributed by atoms with Crippen LogP contribution >= 0.6 is 0 Å². The molecule has 0 spiro atoms. The summed E-state index contributed by atoms with van der Waals surface area (Å²) in [6, 6.07) is 12.1. The Hall–Kier alpha value is -2.63. The van der Waals surface area contributed by atoms with Gasteiger partial charge in [-0.2, -0.15) is 9.57 Å². The molecule has 0 N–H and O–H groups in total. The largest absolute Gasteiger partial charge is 0.495 e. The van der Waals surface area contributed by atoms with Gasteiger partial charge in [0.25, 0.3) is 0 Å². The lowest BCUT2D eigenvalue weighted by Crippen LogP contribution is -2.49. The summed E-state index contributed by atoms with van der Waals surface area (Å²) in [4.78, 5) is 6.43. The minimum absolute atomic E-state index is 0.176. The second-order valence-electron chi connectivity index (χ2n) is 5.56. The van der Waals surface area contributed by atoms with Crippen LogP contribution in [0, 0.1) is 11.3 Å². The SMILES string of the molecule is COc1ccccc1S(=O)(=O)N1CCN(c2cc(C#N)ccn2)CC1. The number of methoxy groups -OCH3 is 1. The maximum absolute atomic E-state index is 12.9. The Morgan fingerprint density at radius 1 is 1.16 bits per heavy atom. The van der Waals surface area contributed by atoms with E-state index in [4.69, 9.17) is 10.00 Å². The Morgan fingerprint density at radius 3 is 2.56 bits per heavy atom. The summed E-state index contributed by atoms with van der Waals surface area (Å²) in [5, 5.41) is 8.99. The first-order valence-electron chi connectivity index (χ1n) is 7.80. The van der Waals surface area contributed by atoms with Gasteiger partial charge in [0.1, 0.15) is 16.5 Å². The van der Waals surface area contributed by atoms with Gasteiger partial charge in [0.2, 0.25) is 10.0 Å². The summed E-state index contributed by atoms with van der Waals surface area (Å²) in [5.41, 5.74) is 0.536. The summed E-state index contributed by atoms with van der Waals surface area (Å²) in [7, 11) is -2.16. The molecule has 1 aromatic carbocycles. The minimum atomic E-state index is -3.61. The maximum atomic E-state index is 12.9. The first-order valence-corrected chi connectivity index (χ1v) is 9.24. The van der Waals surface area contributed by atoms with E-state index in [9.17, 15) is 8.42 Å². The Balaban J connectivity index is 1.76. The van der Waals surface area contributed by atoms with Crippen molar-refractivity contribution in [2.24, 2.45) is 0 Å². The van der Waals surface area contributed by atoms with Crippen molar-refractivity contribution < 1.29 is 13.2 Å². The van der Waals surface area contributed by atoms with Gasteiger partial charge in [0.05, 0.1) is 18.7 Å². The van der Waals surface area contributed by atoms with Crippen LogP contribution in [0.5, 0.6) is 5.75 Å². The monoisotopic (exact) mass is 358 g/mol. The molecule has 1 saturated heterocycles. The minimum Gasteiger partial charge on any atom is -0.495 e. The van der Waals surface area contributed by atoms with E-state index in [1.165, 1.54) is 11.4 Å². The van der Waals surface area contributed by atoms with Crippen molar-refractivity contribution in [2.75, 3.05) is 38.2 Å². The number of benzene rings is 1. The molecular weight excluding hydrogens is 340 g/mol. The number of para-hydroxylation sites is 1. The molecule has 1 aliphatic heterocycles. The highest BCUT2D eigenvalue weighted by Crippen LogP contribution is 2.27. The number of anilines is 1. The number of ether oxygens (including phenoxy) is 1. The molecule has 1 aliphatic rings. The molecule has 7 nitrogen and oxygen atoms in total. The number of pyridine rings is 1. The molecule has 3 rings (SSSR count). The summed E-state index contributed by atoms with van der Waals surface area (Å²) in [6.45, 7) is 1.71. The average Bonchev–Trinajstić information content (AvgIpc) is 2.68. The molecule has 1 aromatic heterocycles. The molecule has 25 heavy (non-hydrogen) atoms. The standard InChI is InChI=1S/C17H18N4O3S/c1-24-15-4-2-3-5-16(15)25(22,23)21-10-8-20(9-11-21)17-12-14(13-18)6-7-19-17/h2-7,12H,8-11H2,1H3. The fraction of sp³-hybridized carbons (Fsp3) is 0.294. The van der Waals surface area contributed by atoms with Crippen LogP contribution in [0.4, 0.5) is 5.82 Å². The molecule has 8 heteroatoms. The van der Waals surface area contributed by atoms with Gasteiger partial charge in [-0.15, -0.1) is 0 Å². The normalized spacial score (nSPS) is 15.6. The lowest BCUT2D eigenvalue weighted by Gasteiger charge is -2.34. The number of hydrogen-bond donors (Lipinski definition) is 0. The molecule has 1 fully saturated rings. The molecule has 0 radical (unpaired) electrons. The Morgan fingerprint density at radius 2 is 1.88 bits per heavy atom. The topological polar surface area (TPSA) is 86.5 Å². The number of nitrogens with zero attached hydrogens (tertiary/aromatic N) is 4. The first kappa shape index (κ1) is 17.2. The second-order valence-corrected chi connectivity index (χ2v) is 7.46. The van der Waals surface area contributed by atoms with Gasteiger partial charge in [-0.25, -0.2) is 13.4 Å². The number of nitriles is 1. The van der Waals surface area contributed by atoms with Gasteiger partial charge in [0.15, 0.2) is 0 Å². The van der Waals surface area contributed by atoms with E-state index >= 15 is 0 Å². The maximum Gasteiger partial charge on any atom is 0.246 e. The highest BCUT2D eigenvalue weighted by molar-refractivity contribution is 7.89. The lowest BCUT2D eigenvalue weighted by atomic mass is 10.2. The molecule has 0 unspecified atom stereocenters. The van der Waals surface area contributed by atoms with Crippen LogP contribution in [0.25, 0.3) is 0 Å². The fourth-order valence-corrected chi connectivity index (χ4v) is 4.37. The van der Waals surface area contributed by atoms with Crippen molar-refractivity contribution >= 4 is 15.8 Å². The number of hydrogen-bond acceptors (Lipinski definition) is 6. The molecule has 0 atom stereocenters. The van der Waals surface area contributed by atoms with Crippen LogP contribution in [0.2, 0.25) is 0 Å². The summed E-state index contributed by atoms with van der Waals surface area (Å²) in [6.07, 6.45) is 1.59. The van der Waals surface area contributed by atoms with Gasteiger partial charge in [-0.05, 0) is 24.3 Å². The van der Waals surface area contributed by atoms with Crippen molar-refractivity contribution in [3.63, 3.8) is 0 Å². The third kappa shape index (κ3) is 3.43. The van der Waals surface area contributed by atoms with E-state index in [0.717, 1.165) is 0 Å². The van der Waals surface area contributed by atoms with Gasteiger partial charge in [0, 0.05) is 32.4 Å². The Bertz CT molecular complexity index is 900. The number of piperazine rings is 1. The van der Waals surface area contributed by atoms with Crippen LogP contribution in [0.1, 0.15) is 5.56 Å². The van der Waals surface area contributed by atoms with Crippen LogP contribution in [0.3, 0.4) is 0 Å². The summed E-state index contributed by atoms with van der Waals surface area (Å²) in [5.74, 6) is 1.03. The van der Waals surface area contributed by atoms with Gasteiger partial charge >= 0.3 is 0 Å². The van der Waals surface area contributed by atoms with Crippen LogP contribution < -0.4 is 9.64 Å². The van der Waals surface area contributed by atoms with E-state index in [2.05, 4.69) is 11.1 Å². The van der Waals surface area contributed by atoms with Crippen LogP contribution in [0.15, 0.2) is 47.5 Å². The van der Waals surface area contributed by atoms with Crippen molar-refractivity contribution in [3.8, 4) is 11.8 Å². The quantitative estimate of drug-likeness (QED) is 0.823. The molecule has 0 aliphatic carbocycles. The Labute approximate surface area is 147 Å². The zero-order chi connectivity index (χ0) is 17.9. The van der Waals surface area contributed by atoms with Crippen molar-refractivity contribution in [1.29, 1.82) is 5.26 Å². The summed E-state index contributed by atoms with van der Waals surface area (Å²) < 4.78 is 32.4. The van der Waals surface area contributed by atoms with Crippen LogP contribution in [-0.2, 0) is 10.0 Å². The van der Waals surface area contributed by atoms with Crippen LogP contribution in [-0.4, -0.2) is 51.0 Å². The average molecular weight is 358 g/mol. The molecule has 130 valence electrons. The zero-order valence-electron chi connectivity index (χ0n) is 13.8. The predicted molar refractivity (Wildman–Crippen MR) is 92.9 cm³/mol. The van der Waals surface area contributed by atoms with Crippen molar-refractivity contribution in [3.05, 3.63) is 48.2 Å². The summed E-state index contributed by atoms with van der Waals surface area (Å²) >= 11 is 0. The van der Waals surface area contributed by atoms with E-state index < -0.39 is 10.0 Å². The van der Waals surface area contributed by atoms with E-state index in [-0.39, 0.29) is 4.90 Å². The molecule has 0 saturated carbocycles. The number of rotatable bonds is 4. The van der Waals surface area contributed by atoms with E-state index in [1.807, 2.05) is 4.90 Å². The first-order chi connectivity index (χ1) is 12.1. The smallest absolute Gasteiger partial charge is 0.246 e. The highest BCUT2D eigenvalue weighted by atomic mass is 32.2. The fourth-order valence-electron chi connectivity index (χ4n) is 2.79. The molecular formula is C17H18N4O3S. The lowest BCUT2D eigenvalue weighted by molar-refractivity contribution is 0.373. The van der Waals surface area contributed by atoms with E-state index in [0.29, 0.717) is 43.3 Å². The van der Waals surface area contributed by atoms with Crippen molar-refractivity contribution in [2.45, 2.75) is 4.90 Å². The number of sulfonamides is 1. The van der Waals surface area contributed by atoms with Gasteiger partial charge < -0.3 is 9.64 Å². The van der Waals surface area contributed by atoms with E-state index in [1.54, 1.807) is 42.6 Å². The predicted octanol–water partition coefficient (Wildman–Crippen LogP) is 1.47. The zero-order valence-corrected chi connectivity index (χ0v) is 14.6. The van der Waals surface area contributed by atoms with Crippen molar-refractivity contribution in [1.82, 2.24) is 9.29 Å². The third-order valence-corrected chi connectivity index (χ3v) is 6.06. The Kier molecular flexibility index (Phi) is 4.88. The second kappa shape index (κ2) is 7.09. The molecule has 0 amide bonds.